The van der Waals surface area contributed by atoms with Crippen LogP contribution < -0.4 is 5.32 Å². The van der Waals surface area contributed by atoms with Crippen molar-refractivity contribution in [2.75, 3.05) is 5.75 Å². The molecule has 2 heterocycles. The number of carbonyl (C=O) groups is 1. The van der Waals surface area contributed by atoms with Crippen molar-refractivity contribution in [3.05, 3.63) is 29.3 Å². The maximum Gasteiger partial charge on any atom is 0.230 e. The van der Waals surface area contributed by atoms with E-state index in [-0.39, 0.29) is 11.9 Å². The first-order valence-corrected chi connectivity index (χ1v) is 7.91. The Hall–Kier alpha value is -1.54. The zero-order chi connectivity index (χ0) is 14.4. The van der Waals surface area contributed by atoms with Gasteiger partial charge in [0.25, 0.3) is 0 Å². The first kappa shape index (κ1) is 14.9. The molecule has 1 amide bonds. The second-order valence-electron chi connectivity index (χ2n) is 4.25. The summed E-state index contributed by atoms with van der Waals surface area (Å²) in [7, 11) is 0. The lowest BCUT2D eigenvalue weighted by atomic mass is 10.2. The standard InChI is InChI=1S/C12H15N5OS2/c1-8(5-10-6-13-3-4-14-10)15-11(18)7-19-12-17-16-9(2)20-12/h3-4,6,8H,5,7H2,1-2H3,(H,15,18). The van der Waals surface area contributed by atoms with Crippen molar-refractivity contribution in [2.45, 2.75) is 30.6 Å². The number of thioether (sulfide) groups is 1. The Morgan fingerprint density at radius 1 is 1.45 bits per heavy atom. The molecule has 0 radical (unpaired) electrons. The predicted molar refractivity (Wildman–Crippen MR) is 78.7 cm³/mol. The molecule has 0 saturated carbocycles. The lowest BCUT2D eigenvalue weighted by molar-refractivity contribution is -0.119. The number of aromatic nitrogens is 4. The summed E-state index contributed by atoms with van der Waals surface area (Å²) in [6.07, 6.45) is 5.66. The van der Waals surface area contributed by atoms with Crippen LogP contribution in [0.3, 0.4) is 0 Å². The molecule has 8 heteroatoms. The molecule has 2 aromatic rings. The summed E-state index contributed by atoms with van der Waals surface area (Å²) in [5.74, 6) is 0.332. The summed E-state index contributed by atoms with van der Waals surface area (Å²) in [5.41, 5.74) is 0.868. The fourth-order valence-corrected chi connectivity index (χ4v) is 3.21. The van der Waals surface area contributed by atoms with Gasteiger partial charge in [-0.2, -0.15) is 0 Å². The Bertz CT molecular complexity index is 560. The zero-order valence-corrected chi connectivity index (χ0v) is 12.9. The molecule has 2 rings (SSSR count). The number of nitrogens with one attached hydrogen (secondary N) is 1. The predicted octanol–water partition coefficient (Wildman–Crippen LogP) is 1.48. The maximum atomic E-state index is 11.8. The Labute approximate surface area is 125 Å². The topological polar surface area (TPSA) is 80.7 Å². The molecule has 1 N–H and O–H groups in total. The van der Waals surface area contributed by atoms with Crippen molar-refractivity contribution >= 4 is 29.0 Å². The SMILES string of the molecule is Cc1nnc(SCC(=O)NC(C)Cc2cnccn2)s1. The van der Waals surface area contributed by atoms with Crippen LogP contribution in [0.5, 0.6) is 0 Å². The molecule has 106 valence electrons. The minimum absolute atomic E-state index is 0.0146. The molecular weight excluding hydrogens is 294 g/mol. The van der Waals surface area contributed by atoms with Crippen LogP contribution >= 0.6 is 23.1 Å². The number of hydrogen-bond acceptors (Lipinski definition) is 7. The number of hydrogen-bond donors (Lipinski definition) is 1. The summed E-state index contributed by atoms with van der Waals surface area (Å²) in [4.78, 5) is 20.0. The quantitative estimate of drug-likeness (QED) is 0.814. The van der Waals surface area contributed by atoms with Gasteiger partial charge < -0.3 is 5.32 Å². The molecule has 1 unspecified atom stereocenters. The second kappa shape index (κ2) is 7.30. The van der Waals surface area contributed by atoms with Gasteiger partial charge in [-0.3, -0.25) is 14.8 Å². The van der Waals surface area contributed by atoms with Crippen molar-refractivity contribution in [1.82, 2.24) is 25.5 Å². The Morgan fingerprint density at radius 2 is 2.30 bits per heavy atom. The molecule has 0 aromatic carbocycles. The third kappa shape index (κ3) is 4.86. The molecule has 1 atom stereocenters. The van der Waals surface area contributed by atoms with Crippen LogP contribution in [-0.4, -0.2) is 37.9 Å². The van der Waals surface area contributed by atoms with Crippen LogP contribution in [0.15, 0.2) is 22.9 Å². The van der Waals surface area contributed by atoms with E-state index in [1.165, 1.54) is 23.1 Å². The molecule has 0 aliphatic heterocycles. The van der Waals surface area contributed by atoms with E-state index >= 15 is 0 Å². The van der Waals surface area contributed by atoms with E-state index < -0.39 is 0 Å². The van der Waals surface area contributed by atoms with Gasteiger partial charge in [0, 0.05) is 31.1 Å². The summed E-state index contributed by atoms with van der Waals surface area (Å²) in [6.45, 7) is 3.84. The van der Waals surface area contributed by atoms with E-state index in [1.807, 2.05) is 13.8 Å². The van der Waals surface area contributed by atoms with Crippen LogP contribution in [0, 0.1) is 6.92 Å². The van der Waals surface area contributed by atoms with Gasteiger partial charge in [0.15, 0.2) is 4.34 Å². The van der Waals surface area contributed by atoms with Gasteiger partial charge in [-0.1, -0.05) is 23.1 Å². The fourth-order valence-electron chi connectivity index (χ4n) is 1.58. The monoisotopic (exact) mass is 309 g/mol. The molecule has 0 fully saturated rings. The lowest BCUT2D eigenvalue weighted by Gasteiger charge is -2.12. The highest BCUT2D eigenvalue weighted by Crippen LogP contribution is 2.21. The van der Waals surface area contributed by atoms with Gasteiger partial charge in [-0.15, -0.1) is 10.2 Å². The van der Waals surface area contributed by atoms with Gasteiger partial charge in [0.1, 0.15) is 5.01 Å². The van der Waals surface area contributed by atoms with Crippen LogP contribution in [-0.2, 0) is 11.2 Å². The molecule has 6 nitrogen and oxygen atoms in total. The Morgan fingerprint density at radius 3 is 2.95 bits per heavy atom. The number of nitrogens with zero attached hydrogens (tertiary/aromatic N) is 4. The highest BCUT2D eigenvalue weighted by atomic mass is 32.2. The number of carbonyl (C=O) groups excluding carboxylic acids is 1. The molecule has 0 spiro atoms. The van der Waals surface area contributed by atoms with E-state index in [0.717, 1.165) is 15.0 Å². The van der Waals surface area contributed by atoms with E-state index in [9.17, 15) is 4.79 Å². The first-order valence-electron chi connectivity index (χ1n) is 6.10. The summed E-state index contributed by atoms with van der Waals surface area (Å²) in [6, 6.07) is 0.0240. The third-order valence-electron chi connectivity index (χ3n) is 2.37. The van der Waals surface area contributed by atoms with Crippen molar-refractivity contribution < 1.29 is 4.79 Å². The average Bonchev–Trinajstić information content (AvgIpc) is 2.83. The van der Waals surface area contributed by atoms with E-state index in [2.05, 4.69) is 25.5 Å². The van der Waals surface area contributed by atoms with Gasteiger partial charge in [0.2, 0.25) is 5.91 Å². The van der Waals surface area contributed by atoms with E-state index in [4.69, 9.17) is 0 Å². The lowest BCUT2D eigenvalue weighted by Crippen LogP contribution is -2.35. The van der Waals surface area contributed by atoms with Gasteiger partial charge in [0.05, 0.1) is 11.4 Å². The van der Waals surface area contributed by atoms with Gasteiger partial charge >= 0.3 is 0 Å². The van der Waals surface area contributed by atoms with Crippen LogP contribution in [0.25, 0.3) is 0 Å². The summed E-state index contributed by atoms with van der Waals surface area (Å²) >= 11 is 2.90. The normalized spacial score (nSPS) is 12.1. The fraction of sp³-hybridized carbons (Fsp3) is 0.417. The minimum atomic E-state index is -0.0146. The van der Waals surface area contributed by atoms with E-state index in [1.54, 1.807) is 18.6 Å². The maximum absolute atomic E-state index is 11.8. The molecule has 0 saturated heterocycles. The van der Waals surface area contributed by atoms with Crippen LogP contribution in [0.2, 0.25) is 0 Å². The van der Waals surface area contributed by atoms with Gasteiger partial charge in [-0.05, 0) is 13.8 Å². The van der Waals surface area contributed by atoms with Crippen molar-refractivity contribution in [3.63, 3.8) is 0 Å². The van der Waals surface area contributed by atoms with Crippen LogP contribution in [0.1, 0.15) is 17.6 Å². The summed E-state index contributed by atoms with van der Waals surface area (Å²) < 4.78 is 0.819. The highest BCUT2D eigenvalue weighted by Gasteiger charge is 2.10. The number of rotatable bonds is 6. The largest absolute Gasteiger partial charge is 0.353 e. The van der Waals surface area contributed by atoms with Crippen molar-refractivity contribution in [1.29, 1.82) is 0 Å². The molecule has 0 bridgehead atoms. The van der Waals surface area contributed by atoms with E-state index in [0.29, 0.717) is 12.2 Å². The smallest absolute Gasteiger partial charge is 0.230 e. The molecule has 20 heavy (non-hydrogen) atoms. The van der Waals surface area contributed by atoms with Crippen LogP contribution in [0.4, 0.5) is 0 Å². The summed E-state index contributed by atoms with van der Waals surface area (Å²) in [5, 5.41) is 11.7. The molecule has 2 aromatic heterocycles. The Kier molecular flexibility index (Phi) is 5.42. The second-order valence-corrected chi connectivity index (χ2v) is 6.65. The molecular formula is C12H15N5OS2. The first-order chi connectivity index (χ1) is 9.63. The van der Waals surface area contributed by atoms with Crippen molar-refractivity contribution in [2.24, 2.45) is 0 Å². The van der Waals surface area contributed by atoms with Gasteiger partial charge in [-0.25, -0.2) is 0 Å². The average molecular weight is 309 g/mol. The highest BCUT2D eigenvalue weighted by molar-refractivity contribution is 8.01. The van der Waals surface area contributed by atoms with Crippen molar-refractivity contribution in [3.8, 4) is 0 Å². The Balaban J connectivity index is 1.73. The number of aryl methyl sites for hydroxylation is 1. The molecule has 0 aliphatic carbocycles. The number of amides is 1. The zero-order valence-electron chi connectivity index (χ0n) is 11.2. The molecule has 0 aliphatic rings. The minimum Gasteiger partial charge on any atom is -0.353 e. The third-order valence-corrected chi connectivity index (χ3v) is 4.35.